The van der Waals surface area contributed by atoms with Crippen molar-refractivity contribution in [1.82, 2.24) is 24.8 Å². The lowest BCUT2D eigenvalue weighted by molar-refractivity contribution is -0.140. The minimum absolute atomic E-state index is 0.0752. The van der Waals surface area contributed by atoms with Crippen LogP contribution < -0.4 is 0 Å². The summed E-state index contributed by atoms with van der Waals surface area (Å²) in [4.78, 5) is 19.7. The monoisotopic (exact) mass is 373 g/mol. The second-order valence-corrected chi connectivity index (χ2v) is 7.03. The highest BCUT2D eigenvalue weighted by atomic mass is 32.1. The van der Waals surface area contributed by atoms with Crippen molar-refractivity contribution in [3.05, 3.63) is 41.4 Å². The maximum Gasteiger partial charge on any atom is 0.257 e. The maximum absolute atomic E-state index is 12.5. The summed E-state index contributed by atoms with van der Waals surface area (Å²) in [6.07, 6.45) is 1.76. The van der Waals surface area contributed by atoms with Gasteiger partial charge in [-0.25, -0.2) is 0 Å². The molecule has 136 valence electrons. The van der Waals surface area contributed by atoms with E-state index in [2.05, 4.69) is 15.2 Å². The Bertz CT molecular complexity index is 873. The molecule has 0 saturated carbocycles. The van der Waals surface area contributed by atoms with Crippen LogP contribution in [0.5, 0.6) is 0 Å². The number of ether oxygens (including phenoxy) is 1. The van der Waals surface area contributed by atoms with Gasteiger partial charge in [-0.3, -0.25) is 9.48 Å². The van der Waals surface area contributed by atoms with Gasteiger partial charge >= 0.3 is 0 Å². The van der Waals surface area contributed by atoms with Gasteiger partial charge in [0.2, 0.25) is 11.7 Å². The Morgan fingerprint density at radius 1 is 1.42 bits per heavy atom. The number of aryl methyl sites for hydroxylation is 2. The van der Waals surface area contributed by atoms with Gasteiger partial charge in [0.15, 0.2) is 6.10 Å². The molecule has 8 nitrogen and oxygen atoms in total. The third-order valence-electron chi connectivity index (χ3n) is 4.34. The number of morpholine rings is 1. The highest BCUT2D eigenvalue weighted by molar-refractivity contribution is 7.13. The quantitative estimate of drug-likeness (QED) is 0.682. The summed E-state index contributed by atoms with van der Waals surface area (Å²) in [5, 5.41) is 10.2. The van der Waals surface area contributed by atoms with E-state index in [9.17, 15) is 4.79 Å². The number of nitrogens with zero attached hydrogens (tertiary/aromatic N) is 5. The molecular formula is C17H19N5O3S. The second-order valence-electron chi connectivity index (χ2n) is 6.08. The molecule has 1 aliphatic rings. The molecular weight excluding hydrogens is 354 g/mol. The summed E-state index contributed by atoms with van der Waals surface area (Å²) in [7, 11) is 0. The molecule has 0 bridgehead atoms. The van der Waals surface area contributed by atoms with Crippen LogP contribution in [0.4, 0.5) is 0 Å². The summed E-state index contributed by atoms with van der Waals surface area (Å²) in [5.74, 6) is 1.04. The zero-order valence-electron chi connectivity index (χ0n) is 14.4. The highest BCUT2D eigenvalue weighted by Crippen LogP contribution is 2.26. The average molecular weight is 373 g/mol. The van der Waals surface area contributed by atoms with E-state index < -0.39 is 0 Å². The van der Waals surface area contributed by atoms with E-state index in [1.165, 1.54) is 0 Å². The van der Waals surface area contributed by atoms with Crippen LogP contribution in [-0.2, 0) is 16.1 Å². The Morgan fingerprint density at radius 2 is 2.35 bits per heavy atom. The van der Waals surface area contributed by atoms with Crippen LogP contribution in [0.2, 0.25) is 0 Å². The molecule has 0 aliphatic carbocycles. The lowest BCUT2D eigenvalue weighted by atomic mass is 10.2. The van der Waals surface area contributed by atoms with E-state index in [0.29, 0.717) is 44.4 Å². The number of hydrogen-bond acceptors (Lipinski definition) is 7. The van der Waals surface area contributed by atoms with Gasteiger partial charge < -0.3 is 14.2 Å². The number of rotatable bonds is 5. The topological polar surface area (TPSA) is 86.3 Å². The molecule has 1 aliphatic heterocycles. The Kier molecular flexibility index (Phi) is 4.81. The molecule has 0 aromatic carbocycles. The van der Waals surface area contributed by atoms with E-state index in [-0.39, 0.29) is 12.0 Å². The van der Waals surface area contributed by atoms with Crippen molar-refractivity contribution >= 4 is 17.2 Å². The normalized spacial score (nSPS) is 17.6. The number of carbonyl (C=O) groups is 1. The lowest BCUT2D eigenvalue weighted by Crippen LogP contribution is -2.42. The van der Waals surface area contributed by atoms with Gasteiger partial charge in [-0.15, -0.1) is 11.3 Å². The molecule has 0 N–H and O–H groups in total. The van der Waals surface area contributed by atoms with Crippen molar-refractivity contribution in [1.29, 1.82) is 0 Å². The molecule has 1 atom stereocenters. The molecule has 1 saturated heterocycles. The smallest absolute Gasteiger partial charge is 0.257 e. The highest BCUT2D eigenvalue weighted by Gasteiger charge is 2.29. The van der Waals surface area contributed by atoms with Crippen molar-refractivity contribution in [2.24, 2.45) is 0 Å². The molecule has 26 heavy (non-hydrogen) atoms. The molecule has 9 heteroatoms. The molecule has 4 heterocycles. The summed E-state index contributed by atoms with van der Waals surface area (Å²) in [5.41, 5.74) is 1.05. The first kappa shape index (κ1) is 16.9. The van der Waals surface area contributed by atoms with Crippen molar-refractivity contribution in [3.8, 4) is 10.7 Å². The predicted octanol–water partition coefficient (Wildman–Crippen LogP) is 2.29. The molecule has 4 rings (SSSR count). The molecule has 3 aromatic heterocycles. The average Bonchev–Trinajstić information content (AvgIpc) is 3.41. The van der Waals surface area contributed by atoms with Crippen molar-refractivity contribution in [2.45, 2.75) is 26.0 Å². The van der Waals surface area contributed by atoms with Crippen LogP contribution in [0, 0.1) is 6.92 Å². The van der Waals surface area contributed by atoms with E-state index in [0.717, 1.165) is 10.6 Å². The van der Waals surface area contributed by atoms with Crippen molar-refractivity contribution in [2.75, 3.05) is 19.7 Å². The van der Waals surface area contributed by atoms with E-state index >= 15 is 0 Å². The number of hydrogen-bond donors (Lipinski definition) is 0. The lowest BCUT2D eigenvalue weighted by Gasteiger charge is -2.31. The minimum Gasteiger partial charge on any atom is -0.365 e. The summed E-state index contributed by atoms with van der Waals surface area (Å²) in [6.45, 7) is 3.99. The first-order valence-corrected chi connectivity index (χ1v) is 9.34. The van der Waals surface area contributed by atoms with Crippen LogP contribution in [-0.4, -0.2) is 50.4 Å². The number of aromatic nitrogens is 4. The molecule has 0 radical (unpaired) electrons. The Labute approximate surface area is 154 Å². The van der Waals surface area contributed by atoms with Crippen LogP contribution in [0.15, 0.2) is 34.3 Å². The van der Waals surface area contributed by atoms with Crippen LogP contribution in [0.3, 0.4) is 0 Å². The molecule has 0 spiro atoms. The molecule has 1 amide bonds. The Morgan fingerprint density at radius 3 is 3.12 bits per heavy atom. The third kappa shape index (κ3) is 3.54. The van der Waals surface area contributed by atoms with Crippen molar-refractivity contribution < 1.29 is 14.1 Å². The van der Waals surface area contributed by atoms with Crippen LogP contribution >= 0.6 is 11.3 Å². The zero-order chi connectivity index (χ0) is 17.9. The summed E-state index contributed by atoms with van der Waals surface area (Å²) >= 11 is 1.55. The third-order valence-corrected chi connectivity index (χ3v) is 5.21. The molecule has 0 unspecified atom stereocenters. The van der Waals surface area contributed by atoms with Gasteiger partial charge in [0.25, 0.3) is 5.89 Å². The standard InChI is InChI=1S/C17H19N5O3S/c1-12-4-6-18-22(12)7-5-15(23)21-8-9-24-13(11-21)17-19-16(20-25-17)14-3-2-10-26-14/h2-4,6,10,13H,5,7-9,11H2,1H3/t13-/m1/s1. The van der Waals surface area contributed by atoms with E-state index in [1.807, 2.05) is 35.2 Å². The Hall–Kier alpha value is -2.52. The van der Waals surface area contributed by atoms with Crippen LogP contribution in [0.1, 0.15) is 24.1 Å². The predicted molar refractivity (Wildman–Crippen MR) is 94.5 cm³/mol. The van der Waals surface area contributed by atoms with E-state index in [1.54, 1.807) is 22.4 Å². The number of carbonyl (C=O) groups excluding carboxylic acids is 1. The number of amides is 1. The molecule has 3 aromatic rings. The van der Waals surface area contributed by atoms with E-state index in [4.69, 9.17) is 9.26 Å². The Balaban J connectivity index is 1.38. The van der Waals surface area contributed by atoms with Crippen molar-refractivity contribution in [3.63, 3.8) is 0 Å². The maximum atomic E-state index is 12.5. The fourth-order valence-electron chi connectivity index (χ4n) is 2.89. The van der Waals surface area contributed by atoms with Gasteiger partial charge in [0.05, 0.1) is 18.0 Å². The molecule has 1 fully saturated rings. The van der Waals surface area contributed by atoms with Gasteiger partial charge in [0.1, 0.15) is 0 Å². The summed E-state index contributed by atoms with van der Waals surface area (Å²) in [6, 6.07) is 5.80. The largest absolute Gasteiger partial charge is 0.365 e. The minimum atomic E-state index is -0.389. The number of thiophene rings is 1. The summed E-state index contributed by atoms with van der Waals surface area (Å²) < 4.78 is 12.9. The SMILES string of the molecule is Cc1ccnn1CCC(=O)N1CCO[C@@H](c2nc(-c3cccs3)no2)C1. The van der Waals surface area contributed by atoms with Crippen LogP contribution in [0.25, 0.3) is 10.7 Å². The first-order chi connectivity index (χ1) is 12.7. The van der Waals surface area contributed by atoms with Gasteiger partial charge in [0, 0.05) is 31.4 Å². The zero-order valence-corrected chi connectivity index (χ0v) is 15.2. The fourth-order valence-corrected chi connectivity index (χ4v) is 3.54. The van der Waals surface area contributed by atoms with Gasteiger partial charge in [-0.05, 0) is 24.4 Å². The first-order valence-electron chi connectivity index (χ1n) is 8.46. The fraction of sp³-hybridized carbons (Fsp3) is 0.412. The second kappa shape index (κ2) is 7.38. The van der Waals surface area contributed by atoms with Gasteiger partial charge in [-0.1, -0.05) is 11.2 Å². The van der Waals surface area contributed by atoms with Gasteiger partial charge in [-0.2, -0.15) is 10.1 Å².